The number of ether oxygens (including phenoxy) is 1. The van der Waals surface area contributed by atoms with Gasteiger partial charge in [0.2, 0.25) is 0 Å². The monoisotopic (exact) mass is 291 g/mol. The van der Waals surface area contributed by atoms with Gasteiger partial charge in [0.05, 0.1) is 13.2 Å². The zero-order valence-electron chi connectivity index (χ0n) is 10.2. The molecule has 0 spiro atoms. The highest BCUT2D eigenvalue weighted by atomic mass is 19.4. The van der Waals surface area contributed by atoms with E-state index < -0.39 is 18.0 Å². The number of nitrogens with zero attached hydrogens (tertiary/aromatic N) is 4. The number of nitrogens with two attached hydrogens (primary N) is 1. The fourth-order valence-electron chi connectivity index (χ4n) is 1.75. The molecule has 3 N–H and O–H groups in total. The van der Waals surface area contributed by atoms with Crippen molar-refractivity contribution >= 4 is 11.7 Å². The number of alkyl halides is 3. The molecule has 0 aliphatic carbocycles. The molecule has 1 aromatic rings. The van der Waals surface area contributed by atoms with E-state index in [1.54, 1.807) is 4.90 Å². The Bertz CT molecular complexity index is 491. The second kappa shape index (κ2) is 5.49. The van der Waals surface area contributed by atoms with Crippen LogP contribution in [0.1, 0.15) is 5.69 Å². The maximum absolute atomic E-state index is 12.4. The van der Waals surface area contributed by atoms with Gasteiger partial charge in [0, 0.05) is 6.54 Å². The number of anilines is 1. The van der Waals surface area contributed by atoms with Gasteiger partial charge >= 0.3 is 6.18 Å². The van der Waals surface area contributed by atoms with Crippen LogP contribution >= 0.6 is 0 Å². The molecule has 0 amide bonds. The lowest BCUT2D eigenvalue weighted by atomic mass is 10.2. The number of hydrogen-bond donors (Lipinski definition) is 2. The standard InChI is InChI=1S/C10H12F3N5O2/c11-10(12,13)7-1-2-8(16-15-7)18-3-4-20-6(5-18)9(14)17-19/h1-2,6,19H,3-5H2,(H2,14,17). The lowest BCUT2D eigenvalue weighted by molar-refractivity contribution is -0.141. The number of oxime groups is 1. The second-order valence-corrected chi connectivity index (χ2v) is 4.10. The molecule has 0 aromatic carbocycles. The maximum Gasteiger partial charge on any atom is 0.435 e. The van der Waals surface area contributed by atoms with Crippen molar-refractivity contribution in [3.63, 3.8) is 0 Å². The van der Waals surface area contributed by atoms with Crippen LogP contribution in [-0.4, -0.2) is 47.0 Å². The van der Waals surface area contributed by atoms with Gasteiger partial charge in [0.15, 0.2) is 17.3 Å². The van der Waals surface area contributed by atoms with Crippen molar-refractivity contribution in [1.29, 1.82) is 0 Å². The van der Waals surface area contributed by atoms with Crippen molar-refractivity contribution < 1.29 is 23.1 Å². The molecule has 1 atom stereocenters. The van der Waals surface area contributed by atoms with Crippen LogP contribution in [0.2, 0.25) is 0 Å². The molecule has 7 nitrogen and oxygen atoms in total. The number of hydrogen-bond acceptors (Lipinski definition) is 6. The first-order chi connectivity index (χ1) is 9.41. The summed E-state index contributed by atoms with van der Waals surface area (Å²) >= 11 is 0. The first kappa shape index (κ1) is 14.3. The molecule has 1 fully saturated rings. The minimum Gasteiger partial charge on any atom is -0.409 e. The molecule has 2 rings (SSSR count). The van der Waals surface area contributed by atoms with Crippen LogP contribution in [0.4, 0.5) is 19.0 Å². The van der Waals surface area contributed by atoms with E-state index in [0.717, 1.165) is 6.07 Å². The highest BCUT2D eigenvalue weighted by molar-refractivity contribution is 5.85. The highest BCUT2D eigenvalue weighted by Crippen LogP contribution is 2.27. The van der Waals surface area contributed by atoms with Crippen LogP contribution in [0.15, 0.2) is 17.3 Å². The second-order valence-electron chi connectivity index (χ2n) is 4.10. The Morgan fingerprint density at radius 2 is 2.20 bits per heavy atom. The molecule has 2 heterocycles. The van der Waals surface area contributed by atoms with Gasteiger partial charge in [-0.2, -0.15) is 13.2 Å². The Kier molecular flexibility index (Phi) is 3.93. The van der Waals surface area contributed by atoms with Crippen molar-refractivity contribution in [1.82, 2.24) is 10.2 Å². The zero-order valence-corrected chi connectivity index (χ0v) is 10.2. The molecule has 0 radical (unpaired) electrons. The third kappa shape index (κ3) is 3.07. The minimum absolute atomic E-state index is 0.102. The van der Waals surface area contributed by atoms with E-state index in [9.17, 15) is 13.2 Å². The van der Waals surface area contributed by atoms with Crippen LogP contribution in [-0.2, 0) is 10.9 Å². The lowest BCUT2D eigenvalue weighted by Gasteiger charge is -2.32. The van der Waals surface area contributed by atoms with Crippen LogP contribution in [0.5, 0.6) is 0 Å². The molecule has 1 saturated heterocycles. The molecular weight excluding hydrogens is 279 g/mol. The summed E-state index contributed by atoms with van der Waals surface area (Å²) in [7, 11) is 0. The molecule has 0 bridgehead atoms. The van der Waals surface area contributed by atoms with Crippen LogP contribution in [0.25, 0.3) is 0 Å². The van der Waals surface area contributed by atoms with E-state index in [4.69, 9.17) is 15.7 Å². The predicted octanol–water partition coefficient (Wildman–Crippen LogP) is 0.447. The van der Waals surface area contributed by atoms with Crippen LogP contribution < -0.4 is 10.6 Å². The van der Waals surface area contributed by atoms with Crippen molar-refractivity contribution in [2.75, 3.05) is 24.6 Å². The van der Waals surface area contributed by atoms with Gasteiger partial charge in [-0.25, -0.2) is 0 Å². The average Bonchev–Trinajstić information content (AvgIpc) is 2.46. The SMILES string of the molecule is N/C(=N/O)C1CN(c2ccc(C(F)(F)F)nn2)CCO1. The van der Waals surface area contributed by atoms with Gasteiger partial charge in [0.25, 0.3) is 0 Å². The largest absolute Gasteiger partial charge is 0.435 e. The fraction of sp³-hybridized carbons (Fsp3) is 0.500. The molecular formula is C10H12F3N5O2. The summed E-state index contributed by atoms with van der Waals surface area (Å²) in [5, 5.41) is 18.1. The number of aromatic nitrogens is 2. The highest BCUT2D eigenvalue weighted by Gasteiger charge is 2.33. The lowest BCUT2D eigenvalue weighted by Crippen LogP contribution is -2.48. The van der Waals surface area contributed by atoms with Crippen molar-refractivity contribution in [3.8, 4) is 0 Å². The first-order valence-electron chi connectivity index (χ1n) is 5.66. The summed E-state index contributed by atoms with van der Waals surface area (Å²) in [4.78, 5) is 1.65. The fourth-order valence-corrected chi connectivity index (χ4v) is 1.75. The Morgan fingerprint density at radius 3 is 2.75 bits per heavy atom. The quantitative estimate of drug-likeness (QED) is 0.355. The minimum atomic E-state index is -4.52. The number of amidine groups is 1. The van der Waals surface area contributed by atoms with Gasteiger partial charge < -0.3 is 20.6 Å². The molecule has 110 valence electrons. The summed E-state index contributed by atoms with van der Waals surface area (Å²) in [6.45, 7) is 0.925. The normalized spacial score (nSPS) is 21.1. The Hall–Kier alpha value is -2.10. The summed E-state index contributed by atoms with van der Waals surface area (Å²) in [5.41, 5.74) is 4.38. The summed E-state index contributed by atoms with van der Waals surface area (Å²) in [5.74, 6) is 0.173. The van der Waals surface area contributed by atoms with E-state index >= 15 is 0 Å². The van der Waals surface area contributed by atoms with E-state index in [1.165, 1.54) is 6.07 Å². The van der Waals surface area contributed by atoms with Crippen molar-refractivity contribution in [2.24, 2.45) is 10.9 Å². The van der Waals surface area contributed by atoms with Crippen molar-refractivity contribution in [3.05, 3.63) is 17.8 Å². The number of halogens is 3. The first-order valence-corrected chi connectivity index (χ1v) is 5.66. The molecule has 1 aliphatic rings. The van der Waals surface area contributed by atoms with E-state index in [1.807, 2.05) is 0 Å². The Labute approximate surface area is 111 Å². The number of morpholine rings is 1. The maximum atomic E-state index is 12.4. The van der Waals surface area contributed by atoms with Gasteiger partial charge in [-0.15, -0.1) is 10.2 Å². The summed E-state index contributed by atoms with van der Waals surface area (Å²) in [6, 6.07) is 2.08. The van der Waals surface area contributed by atoms with Crippen LogP contribution in [0.3, 0.4) is 0 Å². The molecule has 0 saturated carbocycles. The molecule has 20 heavy (non-hydrogen) atoms. The molecule has 1 aromatic heterocycles. The van der Waals surface area contributed by atoms with E-state index in [-0.39, 0.29) is 24.8 Å². The molecule has 10 heteroatoms. The van der Waals surface area contributed by atoms with Gasteiger partial charge in [-0.1, -0.05) is 5.16 Å². The van der Waals surface area contributed by atoms with Gasteiger partial charge in [-0.05, 0) is 12.1 Å². The molecule has 1 unspecified atom stereocenters. The van der Waals surface area contributed by atoms with Crippen molar-refractivity contribution in [2.45, 2.75) is 12.3 Å². The predicted molar refractivity (Wildman–Crippen MR) is 62.4 cm³/mol. The Balaban J connectivity index is 2.11. The van der Waals surface area contributed by atoms with Crippen LogP contribution in [0, 0.1) is 0 Å². The van der Waals surface area contributed by atoms with E-state index in [2.05, 4.69) is 15.4 Å². The smallest absolute Gasteiger partial charge is 0.409 e. The molecule has 1 aliphatic heterocycles. The topological polar surface area (TPSA) is 96.9 Å². The summed E-state index contributed by atoms with van der Waals surface area (Å²) < 4.78 is 42.4. The third-order valence-corrected chi connectivity index (χ3v) is 2.78. The Morgan fingerprint density at radius 1 is 1.45 bits per heavy atom. The summed E-state index contributed by atoms with van der Waals surface area (Å²) in [6.07, 6.45) is -5.16. The number of rotatable bonds is 2. The zero-order chi connectivity index (χ0) is 14.8. The van der Waals surface area contributed by atoms with Gasteiger partial charge in [-0.3, -0.25) is 0 Å². The van der Waals surface area contributed by atoms with Gasteiger partial charge in [0.1, 0.15) is 6.10 Å². The third-order valence-electron chi connectivity index (χ3n) is 2.78. The average molecular weight is 291 g/mol. The van der Waals surface area contributed by atoms with E-state index in [0.29, 0.717) is 6.54 Å².